The SMILES string of the molecule is FC(F)(F)c1ccccc1/C=N\Nc1nccs1. The first-order valence-corrected chi connectivity index (χ1v) is 5.80. The molecule has 0 saturated carbocycles. The number of halogens is 3. The van der Waals surface area contributed by atoms with Gasteiger partial charge in [0.15, 0.2) is 0 Å². The normalized spacial score (nSPS) is 11.9. The van der Waals surface area contributed by atoms with Crippen molar-refractivity contribution in [3.05, 3.63) is 47.0 Å². The molecule has 1 N–H and O–H groups in total. The van der Waals surface area contributed by atoms with E-state index in [1.807, 2.05) is 0 Å². The molecule has 0 bridgehead atoms. The third-order valence-electron chi connectivity index (χ3n) is 2.06. The Balaban J connectivity index is 2.16. The van der Waals surface area contributed by atoms with Crippen molar-refractivity contribution in [2.24, 2.45) is 5.10 Å². The number of aromatic nitrogens is 1. The van der Waals surface area contributed by atoms with E-state index in [2.05, 4.69) is 15.5 Å². The summed E-state index contributed by atoms with van der Waals surface area (Å²) in [5, 5.41) is 5.99. The number of hydrazone groups is 1. The highest BCUT2D eigenvalue weighted by Crippen LogP contribution is 2.31. The van der Waals surface area contributed by atoms with Crippen LogP contribution < -0.4 is 5.43 Å². The van der Waals surface area contributed by atoms with Crippen LogP contribution >= 0.6 is 11.3 Å². The molecule has 1 heterocycles. The number of anilines is 1. The first-order chi connectivity index (χ1) is 8.57. The molecular formula is C11H8F3N3S. The van der Waals surface area contributed by atoms with Crippen molar-refractivity contribution >= 4 is 22.7 Å². The maximum atomic E-state index is 12.7. The number of hydrogen-bond donors (Lipinski definition) is 1. The number of rotatable bonds is 3. The molecule has 0 aliphatic rings. The maximum absolute atomic E-state index is 12.7. The van der Waals surface area contributed by atoms with Crippen LogP contribution in [0.4, 0.5) is 18.3 Å². The van der Waals surface area contributed by atoms with E-state index in [-0.39, 0.29) is 5.56 Å². The molecule has 18 heavy (non-hydrogen) atoms. The first kappa shape index (κ1) is 12.6. The minimum absolute atomic E-state index is 0.00839. The van der Waals surface area contributed by atoms with Crippen molar-refractivity contribution in [3.63, 3.8) is 0 Å². The van der Waals surface area contributed by atoms with Gasteiger partial charge in [-0.15, -0.1) is 11.3 Å². The fraction of sp³-hybridized carbons (Fsp3) is 0.0909. The predicted octanol–water partition coefficient (Wildman–Crippen LogP) is 3.61. The largest absolute Gasteiger partial charge is 0.417 e. The number of thiazole rings is 1. The van der Waals surface area contributed by atoms with Gasteiger partial charge in [-0.05, 0) is 6.07 Å². The van der Waals surface area contributed by atoms with E-state index in [1.165, 1.54) is 29.5 Å². The molecule has 1 aromatic heterocycles. The van der Waals surface area contributed by atoms with Gasteiger partial charge in [0.25, 0.3) is 0 Å². The molecule has 2 aromatic rings. The zero-order chi connectivity index (χ0) is 13.0. The van der Waals surface area contributed by atoms with Gasteiger partial charge in [0.05, 0.1) is 11.8 Å². The summed E-state index contributed by atoms with van der Waals surface area (Å²) in [4.78, 5) is 3.89. The molecule has 0 spiro atoms. The summed E-state index contributed by atoms with van der Waals surface area (Å²) in [5.74, 6) is 0. The summed E-state index contributed by atoms with van der Waals surface area (Å²) >= 11 is 1.31. The molecule has 2 rings (SSSR count). The van der Waals surface area contributed by atoms with Gasteiger partial charge in [0.2, 0.25) is 5.13 Å². The Kier molecular flexibility index (Phi) is 3.61. The van der Waals surface area contributed by atoms with Crippen LogP contribution in [-0.4, -0.2) is 11.2 Å². The van der Waals surface area contributed by atoms with E-state index in [9.17, 15) is 13.2 Å². The van der Waals surface area contributed by atoms with E-state index < -0.39 is 11.7 Å². The molecular weight excluding hydrogens is 263 g/mol. The van der Waals surface area contributed by atoms with Crippen molar-refractivity contribution in [1.29, 1.82) is 0 Å². The predicted molar refractivity (Wildman–Crippen MR) is 64.8 cm³/mol. The Labute approximate surface area is 105 Å². The minimum Gasteiger partial charge on any atom is -0.253 e. The fourth-order valence-electron chi connectivity index (χ4n) is 1.30. The summed E-state index contributed by atoms with van der Waals surface area (Å²) in [5.41, 5.74) is 1.86. The Hall–Kier alpha value is -1.89. The van der Waals surface area contributed by atoms with Crippen LogP contribution in [0.1, 0.15) is 11.1 Å². The molecule has 0 aliphatic carbocycles. The summed E-state index contributed by atoms with van der Waals surface area (Å²) in [7, 11) is 0. The summed E-state index contributed by atoms with van der Waals surface area (Å²) in [6.07, 6.45) is -1.68. The number of alkyl halides is 3. The van der Waals surface area contributed by atoms with Crippen molar-refractivity contribution in [1.82, 2.24) is 4.98 Å². The molecule has 0 atom stereocenters. The van der Waals surface area contributed by atoms with Crippen LogP contribution in [0.5, 0.6) is 0 Å². The second kappa shape index (κ2) is 5.18. The average Bonchev–Trinajstić information content (AvgIpc) is 2.81. The molecule has 0 saturated heterocycles. The molecule has 94 valence electrons. The third kappa shape index (κ3) is 3.07. The summed E-state index contributed by atoms with van der Waals surface area (Å²) < 4.78 is 38.0. The molecule has 3 nitrogen and oxygen atoms in total. The van der Waals surface area contributed by atoms with Crippen LogP contribution in [0.15, 0.2) is 40.9 Å². The zero-order valence-electron chi connectivity index (χ0n) is 8.98. The lowest BCUT2D eigenvalue weighted by Crippen LogP contribution is -2.08. The highest BCUT2D eigenvalue weighted by molar-refractivity contribution is 7.13. The number of hydrogen-bond acceptors (Lipinski definition) is 4. The van der Waals surface area contributed by atoms with E-state index in [4.69, 9.17) is 0 Å². The summed E-state index contributed by atoms with van der Waals surface area (Å²) in [6.45, 7) is 0. The van der Waals surface area contributed by atoms with E-state index in [0.29, 0.717) is 5.13 Å². The highest BCUT2D eigenvalue weighted by Gasteiger charge is 2.32. The molecule has 0 amide bonds. The third-order valence-corrected chi connectivity index (χ3v) is 2.74. The fourth-order valence-corrected chi connectivity index (χ4v) is 1.78. The van der Waals surface area contributed by atoms with E-state index in [0.717, 1.165) is 12.3 Å². The van der Waals surface area contributed by atoms with Gasteiger partial charge in [-0.1, -0.05) is 18.2 Å². The Morgan fingerprint density at radius 2 is 2.06 bits per heavy atom. The van der Waals surface area contributed by atoms with E-state index in [1.54, 1.807) is 11.6 Å². The number of nitrogens with one attached hydrogen (secondary N) is 1. The van der Waals surface area contributed by atoms with E-state index >= 15 is 0 Å². The van der Waals surface area contributed by atoms with Crippen molar-refractivity contribution < 1.29 is 13.2 Å². The van der Waals surface area contributed by atoms with Crippen molar-refractivity contribution in [2.75, 3.05) is 5.43 Å². The van der Waals surface area contributed by atoms with Crippen LogP contribution in [0.2, 0.25) is 0 Å². The molecule has 0 unspecified atom stereocenters. The minimum atomic E-state index is -4.39. The van der Waals surface area contributed by atoms with Gasteiger partial charge in [0, 0.05) is 17.1 Å². The van der Waals surface area contributed by atoms with Crippen LogP contribution in [0.25, 0.3) is 0 Å². The second-order valence-electron chi connectivity index (χ2n) is 3.29. The smallest absolute Gasteiger partial charge is 0.253 e. The van der Waals surface area contributed by atoms with Gasteiger partial charge < -0.3 is 0 Å². The van der Waals surface area contributed by atoms with Crippen molar-refractivity contribution in [2.45, 2.75) is 6.18 Å². The van der Waals surface area contributed by atoms with Crippen LogP contribution in [0, 0.1) is 0 Å². The van der Waals surface area contributed by atoms with Gasteiger partial charge in [-0.2, -0.15) is 18.3 Å². The zero-order valence-corrected chi connectivity index (χ0v) is 9.79. The van der Waals surface area contributed by atoms with Gasteiger partial charge in [-0.3, -0.25) is 5.43 Å². The lowest BCUT2D eigenvalue weighted by atomic mass is 10.1. The molecule has 0 radical (unpaired) electrons. The highest BCUT2D eigenvalue weighted by atomic mass is 32.1. The standard InChI is InChI=1S/C11H8F3N3S/c12-11(13,14)9-4-2-1-3-8(9)7-16-17-10-15-5-6-18-10/h1-7H,(H,15,17)/b16-7-. The van der Waals surface area contributed by atoms with Crippen molar-refractivity contribution in [3.8, 4) is 0 Å². The van der Waals surface area contributed by atoms with Gasteiger partial charge in [-0.25, -0.2) is 4.98 Å². The average molecular weight is 271 g/mol. The lowest BCUT2D eigenvalue weighted by Gasteiger charge is -2.08. The molecule has 0 fully saturated rings. The quantitative estimate of drug-likeness (QED) is 0.684. The van der Waals surface area contributed by atoms with Crippen LogP contribution in [-0.2, 0) is 6.18 Å². The lowest BCUT2D eigenvalue weighted by molar-refractivity contribution is -0.137. The van der Waals surface area contributed by atoms with Gasteiger partial charge in [0.1, 0.15) is 0 Å². The Morgan fingerprint density at radius 3 is 2.72 bits per heavy atom. The molecule has 7 heteroatoms. The number of benzene rings is 1. The first-order valence-electron chi connectivity index (χ1n) is 4.92. The molecule has 0 aliphatic heterocycles. The number of nitrogens with zero attached hydrogens (tertiary/aromatic N) is 2. The Morgan fingerprint density at radius 1 is 1.28 bits per heavy atom. The van der Waals surface area contributed by atoms with Gasteiger partial charge >= 0.3 is 6.18 Å². The second-order valence-corrected chi connectivity index (χ2v) is 4.19. The van der Waals surface area contributed by atoms with Crippen LogP contribution in [0.3, 0.4) is 0 Å². The topological polar surface area (TPSA) is 37.3 Å². The summed E-state index contributed by atoms with van der Waals surface area (Å²) in [6, 6.07) is 5.25. The monoisotopic (exact) mass is 271 g/mol. The maximum Gasteiger partial charge on any atom is 0.417 e. The Bertz CT molecular complexity index is 535. The molecule has 1 aromatic carbocycles.